The Kier molecular flexibility index (Phi) is 9.35. The van der Waals surface area contributed by atoms with Crippen LogP contribution in [-0.4, -0.2) is 48.9 Å². The molecular formula is C35H35F3N4O2. The number of hydrogen-bond donors (Lipinski definition) is 2. The smallest absolute Gasteiger partial charge is 0.369 e. The number of carbonyl (C=O) groups excluding carboxylic acids is 2. The lowest BCUT2D eigenvalue weighted by molar-refractivity contribution is -0.137. The molecule has 1 unspecified atom stereocenters. The molecule has 0 radical (unpaired) electrons. The number of anilines is 2. The Balaban J connectivity index is 1.23. The second-order valence-corrected chi connectivity index (χ2v) is 11.1. The van der Waals surface area contributed by atoms with Gasteiger partial charge >= 0.3 is 6.18 Å². The van der Waals surface area contributed by atoms with Crippen LogP contribution in [0.3, 0.4) is 0 Å². The molecule has 228 valence electrons. The number of alkyl halides is 3. The number of nitrogens with one attached hydrogen (secondary N) is 2. The topological polar surface area (TPSA) is 64.7 Å². The highest BCUT2D eigenvalue weighted by Crippen LogP contribution is 2.32. The van der Waals surface area contributed by atoms with Gasteiger partial charge in [0.25, 0.3) is 5.91 Å². The van der Waals surface area contributed by atoms with Crippen LogP contribution in [-0.2, 0) is 11.0 Å². The number of halogens is 3. The summed E-state index contributed by atoms with van der Waals surface area (Å²) in [6.07, 6.45) is -4.43. The summed E-state index contributed by atoms with van der Waals surface area (Å²) < 4.78 is 39.0. The third-order valence-corrected chi connectivity index (χ3v) is 7.66. The second kappa shape index (κ2) is 13.3. The van der Waals surface area contributed by atoms with E-state index in [0.717, 1.165) is 36.5 Å². The fourth-order valence-electron chi connectivity index (χ4n) is 5.49. The van der Waals surface area contributed by atoms with Crippen molar-refractivity contribution in [2.24, 2.45) is 0 Å². The molecule has 4 aromatic carbocycles. The first-order valence-corrected chi connectivity index (χ1v) is 14.6. The molecule has 1 heterocycles. The molecule has 44 heavy (non-hydrogen) atoms. The van der Waals surface area contributed by atoms with E-state index in [1.807, 2.05) is 68.4 Å². The Hall–Kier alpha value is -4.63. The molecule has 2 N–H and O–H groups in total. The summed E-state index contributed by atoms with van der Waals surface area (Å²) in [5.41, 5.74) is 3.28. The lowest BCUT2D eigenvalue weighted by Gasteiger charge is -2.40. The maximum absolute atomic E-state index is 13.2. The van der Waals surface area contributed by atoms with Crippen molar-refractivity contribution in [1.82, 2.24) is 10.2 Å². The average Bonchev–Trinajstić information content (AvgIpc) is 3.02. The highest BCUT2D eigenvalue weighted by molar-refractivity contribution is 6.08. The SMILES string of the molecule is CC(C)NC(=O)C(c1ccccc1)N1CCN(c2ccc(NC(=O)c3ccccc3-c3ccc(C(F)(F)F)cc3)cc2)CC1. The normalized spacial score (nSPS) is 14.7. The van der Waals surface area contributed by atoms with Crippen LogP contribution < -0.4 is 15.5 Å². The Labute approximate surface area is 255 Å². The molecule has 1 saturated heterocycles. The molecule has 2 amide bonds. The second-order valence-electron chi connectivity index (χ2n) is 11.1. The van der Waals surface area contributed by atoms with E-state index in [0.29, 0.717) is 35.5 Å². The zero-order valence-corrected chi connectivity index (χ0v) is 24.6. The van der Waals surface area contributed by atoms with Crippen molar-refractivity contribution >= 4 is 23.2 Å². The molecule has 0 aliphatic carbocycles. The fraction of sp³-hybridized carbons (Fsp3) is 0.257. The minimum Gasteiger partial charge on any atom is -0.369 e. The van der Waals surface area contributed by atoms with Crippen LogP contribution in [0.15, 0.2) is 103 Å². The number of rotatable bonds is 8. The molecular weight excluding hydrogens is 565 g/mol. The number of carbonyl (C=O) groups is 2. The monoisotopic (exact) mass is 600 g/mol. The Morgan fingerprint density at radius 3 is 1.98 bits per heavy atom. The van der Waals surface area contributed by atoms with Gasteiger partial charge in [-0.1, -0.05) is 60.7 Å². The van der Waals surface area contributed by atoms with Crippen molar-refractivity contribution < 1.29 is 22.8 Å². The Morgan fingerprint density at radius 2 is 1.36 bits per heavy atom. The summed E-state index contributed by atoms with van der Waals surface area (Å²) >= 11 is 0. The van der Waals surface area contributed by atoms with Gasteiger partial charge < -0.3 is 15.5 Å². The van der Waals surface area contributed by atoms with Crippen molar-refractivity contribution in [3.05, 3.63) is 120 Å². The zero-order chi connectivity index (χ0) is 31.3. The van der Waals surface area contributed by atoms with Crippen molar-refractivity contribution in [2.45, 2.75) is 32.1 Å². The van der Waals surface area contributed by atoms with Gasteiger partial charge in [-0.15, -0.1) is 0 Å². The van der Waals surface area contributed by atoms with E-state index in [1.165, 1.54) is 12.1 Å². The number of amides is 2. The molecule has 1 aliphatic rings. The van der Waals surface area contributed by atoms with Crippen molar-refractivity contribution in [1.29, 1.82) is 0 Å². The molecule has 0 bridgehead atoms. The van der Waals surface area contributed by atoms with Crippen LogP contribution >= 0.6 is 0 Å². The minimum absolute atomic E-state index is 0.000333. The van der Waals surface area contributed by atoms with Gasteiger partial charge in [0.2, 0.25) is 5.91 Å². The molecule has 1 aliphatic heterocycles. The van der Waals surface area contributed by atoms with Gasteiger partial charge in [0.1, 0.15) is 6.04 Å². The quantitative estimate of drug-likeness (QED) is 0.228. The van der Waals surface area contributed by atoms with Gasteiger partial charge in [-0.05, 0) is 73.0 Å². The van der Waals surface area contributed by atoms with Gasteiger partial charge in [-0.3, -0.25) is 14.5 Å². The molecule has 0 saturated carbocycles. The summed E-state index contributed by atoms with van der Waals surface area (Å²) in [5, 5.41) is 5.98. The number of piperazine rings is 1. The molecule has 1 fully saturated rings. The average molecular weight is 601 g/mol. The molecule has 1 atom stereocenters. The van der Waals surface area contributed by atoms with Gasteiger partial charge in [-0.25, -0.2) is 0 Å². The zero-order valence-electron chi connectivity index (χ0n) is 24.6. The lowest BCUT2D eigenvalue weighted by atomic mass is 9.98. The summed E-state index contributed by atoms with van der Waals surface area (Å²) in [7, 11) is 0. The molecule has 9 heteroatoms. The fourth-order valence-corrected chi connectivity index (χ4v) is 5.49. The van der Waals surface area contributed by atoms with Gasteiger partial charge in [0.05, 0.1) is 5.56 Å². The van der Waals surface area contributed by atoms with Gasteiger partial charge in [0, 0.05) is 49.2 Å². The Morgan fingerprint density at radius 1 is 0.750 bits per heavy atom. The maximum Gasteiger partial charge on any atom is 0.416 e. The van der Waals surface area contributed by atoms with Crippen molar-refractivity contribution in [3.8, 4) is 11.1 Å². The van der Waals surface area contributed by atoms with E-state index in [9.17, 15) is 22.8 Å². The van der Waals surface area contributed by atoms with E-state index in [1.54, 1.807) is 24.3 Å². The van der Waals surface area contributed by atoms with Crippen LogP contribution in [0.2, 0.25) is 0 Å². The maximum atomic E-state index is 13.2. The third-order valence-electron chi connectivity index (χ3n) is 7.66. The predicted octanol–water partition coefficient (Wildman–Crippen LogP) is 7.01. The first kappa shape index (κ1) is 30.8. The van der Waals surface area contributed by atoms with E-state index < -0.39 is 11.7 Å². The predicted molar refractivity (Wildman–Crippen MR) is 168 cm³/mol. The third kappa shape index (κ3) is 7.29. The molecule has 4 aromatic rings. The Bertz CT molecular complexity index is 1560. The standard InChI is InChI=1S/C35H35F3N4O2/c1-24(2)39-34(44)32(26-8-4-3-5-9-26)42-22-20-41(21-23-42)29-18-16-28(17-19-29)40-33(43)31-11-7-6-10-30(31)25-12-14-27(15-13-25)35(36,37)38/h3-19,24,32H,20-23H2,1-2H3,(H,39,44)(H,40,43). The van der Waals surface area contributed by atoms with Crippen molar-refractivity contribution in [3.63, 3.8) is 0 Å². The van der Waals surface area contributed by atoms with E-state index in [4.69, 9.17) is 0 Å². The number of hydrogen-bond acceptors (Lipinski definition) is 4. The van der Waals surface area contributed by atoms with Gasteiger partial charge in [-0.2, -0.15) is 13.2 Å². The number of nitrogens with zero attached hydrogens (tertiary/aromatic N) is 2. The summed E-state index contributed by atoms with van der Waals surface area (Å²) in [4.78, 5) is 30.8. The molecule has 5 rings (SSSR count). The van der Waals surface area contributed by atoms with Crippen molar-refractivity contribution in [2.75, 3.05) is 36.4 Å². The van der Waals surface area contributed by atoms with Crippen LogP contribution in [0.25, 0.3) is 11.1 Å². The highest BCUT2D eigenvalue weighted by atomic mass is 19.4. The van der Waals surface area contributed by atoms with Crippen LogP contribution in [0.5, 0.6) is 0 Å². The van der Waals surface area contributed by atoms with E-state index in [2.05, 4.69) is 20.4 Å². The minimum atomic E-state index is -4.43. The summed E-state index contributed by atoms with van der Waals surface area (Å²) in [6.45, 7) is 6.83. The van der Waals surface area contributed by atoms with E-state index >= 15 is 0 Å². The number of benzene rings is 4. The van der Waals surface area contributed by atoms with E-state index in [-0.39, 0.29) is 23.9 Å². The first-order valence-electron chi connectivity index (χ1n) is 14.6. The largest absolute Gasteiger partial charge is 0.416 e. The van der Waals surface area contributed by atoms with Crippen LogP contribution in [0.1, 0.15) is 41.4 Å². The highest BCUT2D eigenvalue weighted by Gasteiger charge is 2.31. The van der Waals surface area contributed by atoms with Crippen LogP contribution in [0, 0.1) is 0 Å². The molecule has 0 spiro atoms. The van der Waals surface area contributed by atoms with Gasteiger partial charge in [0.15, 0.2) is 0 Å². The summed E-state index contributed by atoms with van der Waals surface area (Å²) in [5.74, 6) is -0.354. The summed E-state index contributed by atoms with van der Waals surface area (Å²) in [6, 6.07) is 28.7. The first-order chi connectivity index (χ1) is 21.1. The molecule has 6 nitrogen and oxygen atoms in total. The lowest BCUT2D eigenvalue weighted by Crippen LogP contribution is -2.51. The van der Waals surface area contributed by atoms with Crippen LogP contribution in [0.4, 0.5) is 24.5 Å². The molecule has 0 aromatic heterocycles.